The lowest BCUT2D eigenvalue weighted by atomic mass is 10.1. The molecular weight excluding hydrogens is 502 g/mol. The molecule has 0 aromatic heterocycles. The number of halogens is 10. The van der Waals surface area contributed by atoms with E-state index in [-0.39, 0.29) is 17.4 Å². The summed E-state index contributed by atoms with van der Waals surface area (Å²) in [4.78, 5) is 0. The lowest BCUT2D eigenvalue weighted by Gasteiger charge is -2.20. The van der Waals surface area contributed by atoms with Gasteiger partial charge in [0.15, 0.2) is 0 Å². The Hall–Kier alpha value is -3.84. The van der Waals surface area contributed by atoms with Crippen LogP contribution in [0.3, 0.4) is 0 Å². The van der Waals surface area contributed by atoms with Crippen molar-refractivity contribution in [3.63, 3.8) is 0 Å². The van der Waals surface area contributed by atoms with Crippen molar-refractivity contribution >= 4 is 11.4 Å². The highest BCUT2D eigenvalue weighted by Crippen LogP contribution is 2.46. The van der Waals surface area contributed by atoms with Crippen molar-refractivity contribution < 1.29 is 53.4 Å². The van der Waals surface area contributed by atoms with E-state index in [1.807, 2.05) is 0 Å². The summed E-state index contributed by atoms with van der Waals surface area (Å²) in [7, 11) is 0. The Kier molecular flexibility index (Phi) is 6.44. The second-order valence-electron chi connectivity index (χ2n) is 6.99. The molecule has 14 heteroatoms. The summed E-state index contributed by atoms with van der Waals surface area (Å²) in [5.74, 6) is -6.75. The number of anilines is 2. The quantitative estimate of drug-likeness (QED) is 0.278. The third-order valence-corrected chi connectivity index (χ3v) is 4.38. The molecule has 188 valence electrons. The lowest BCUT2D eigenvalue weighted by Crippen LogP contribution is -2.13. The van der Waals surface area contributed by atoms with E-state index in [1.54, 1.807) is 0 Å². The maximum Gasteiger partial charge on any atom is 0.422 e. The smallest absolute Gasteiger partial charge is 0.422 e. The zero-order valence-electron chi connectivity index (χ0n) is 16.9. The summed E-state index contributed by atoms with van der Waals surface area (Å²) in [6.07, 6.45) is -15.6. The Morgan fingerprint density at radius 1 is 0.543 bits per heavy atom. The highest BCUT2D eigenvalue weighted by molar-refractivity contribution is 5.55. The van der Waals surface area contributed by atoms with Gasteiger partial charge in [0.2, 0.25) is 0 Å². The van der Waals surface area contributed by atoms with Crippen LogP contribution in [0.1, 0.15) is 16.7 Å². The molecule has 4 nitrogen and oxygen atoms in total. The van der Waals surface area contributed by atoms with Gasteiger partial charge in [-0.15, -0.1) is 0 Å². The Morgan fingerprint density at radius 2 is 1.00 bits per heavy atom. The number of hydrogen-bond acceptors (Lipinski definition) is 4. The van der Waals surface area contributed by atoms with Crippen molar-refractivity contribution in [3.05, 3.63) is 71.0 Å². The van der Waals surface area contributed by atoms with Gasteiger partial charge in [0.25, 0.3) is 0 Å². The summed E-state index contributed by atoms with van der Waals surface area (Å²) in [5, 5.41) is 0. The van der Waals surface area contributed by atoms with Crippen LogP contribution in [0.2, 0.25) is 0 Å². The number of benzene rings is 3. The SMILES string of the molecule is Nc1ccc(C(F)(F)F)c(Oc2cc(F)c(C(F)(F)F)c(Oc3cc(N)ccc3C(F)(F)F)c2)c1. The molecule has 0 aliphatic heterocycles. The van der Waals surface area contributed by atoms with Crippen molar-refractivity contribution in [1.82, 2.24) is 0 Å². The molecule has 0 amide bonds. The molecule has 3 aromatic carbocycles. The molecule has 0 bridgehead atoms. The van der Waals surface area contributed by atoms with Gasteiger partial charge >= 0.3 is 18.5 Å². The molecule has 0 aliphatic carbocycles. The monoisotopic (exact) mass is 514 g/mol. The van der Waals surface area contributed by atoms with Crippen molar-refractivity contribution in [3.8, 4) is 23.0 Å². The third kappa shape index (κ3) is 5.81. The van der Waals surface area contributed by atoms with Crippen LogP contribution in [-0.2, 0) is 18.5 Å². The van der Waals surface area contributed by atoms with Gasteiger partial charge in [0.1, 0.15) is 34.4 Å². The normalized spacial score (nSPS) is 12.5. The zero-order chi connectivity index (χ0) is 26.3. The molecule has 0 atom stereocenters. The molecule has 0 heterocycles. The minimum atomic E-state index is -5.47. The molecule has 0 fully saturated rings. The fourth-order valence-corrected chi connectivity index (χ4v) is 2.93. The third-order valence-electron chi connectivity index (χ3n) is 4.38. The van der Waals surface area contributed by atoms with Gasteiger partial charge in [-0.25, -0.2) is 4.39 Å². The van der Waals surface area contributed by atoms with Gasteiger partial charge in [-0.3, -0.25) is 0 Å². The number of nitrogen functional groups attached to an aromatic ring is 2. The molecule has 3 aromatic rings. The molecule has 3 rings (SSSR count). The molecule has 0 unspecified atom stereocenters. The Morgan fingerprint density at radius 3 is 1.43 bits per heavy atom. The molecule has 0 saturated carbocycles. The molecular formula is C21H12F10N2O2. The summed E-state index contributed by atoms with van der Waals surface area (Å²) >= 11 is 0. The maximum atomic E-state index is 14.5. The van der Waals surface area contributed by atoms with Gasteiger partial charge in [-0.05, 0) is 24.3 Å². The number of ether oxygens (including phenoxy) is 2. The van der Waals surface area contributed by atoms with E-state index in [0.29, 0.717) is 30.3 Å². The summed E-state index contributed by atoms with van der Waals surface area (Å²) in [6, 6.07) is 4.24. The first-order chi connectivity index (χ1) is 16.0. The number of rotatable bonds is 4. The first-order valence-electron chi connectivity index (χ1n) is 9.16. The second kappa shape index (κ2) is 8.74. The van der Waals surface area contributed by atoms with Crippen LogP contribution in [0.15, 0.2) is 48.5 Å². The zero-order valence-corrected chi connectivity index (χ0v) is 16.9. The molecule has 0 saturated heterocycles. The van der Waals surface area contributed by atoms with Crippen LogP contribution in [0.4, 0.5) is 55.3 Å². The van der Waals surface area contributed by atoms with Gasteiger partial charge in [0, 0.05) is 35.6 Å². The predicted octanol–water partition coefficient (Wildman–Crippen LogP) is 7.63. The topological polar surface area (TPSA) is 70.5 Å². The Labute approximate surface area is 189 Å². The van der Waals surface area contributed by atoms with E-state index in [9.17, 15) is 43.9 Å². The van der Waals surface area contributed by atoms with E-state index in [0.717, 1.165) is 12.1 Å². The predicted molar refractivity (Wildman–Crippen MR) is 103 cm³/mol. The van der Waals surface area contributed by atoms with E-state index in [2.05, 4.69) is 0 Å². The van der Waals surface area contributed by atoms with Crippen molar-refractivity contribution in [1.29, 1.82) is 0 Å². The summed E-state index contributed by atoms with van der Waals surface area (Å²) in [5.41, 5.74) is 5.20. The average Bonchev–Trinajstić information content (AvgIpc) is 2.64. The summed E-state index contributed by atoms with van der Waals surface area (Å²) in [6.45, 7) is 0. The highest BCUT2D eigenvalue weighted by Gasteiger charge is 2.41. The summed E-state index contributed by atoms with van der Waals surface area (Å²) < 4.78 is 144. The first kappa shape index (κ1) is 25.8. The number of hydrogen-bond donors (Lipinski definition) is 2. The molecule has 35 heavy (non-hydrogen) atoms. The van der Waals surface area contributed by atoms with E-state index in [4.69, 9.17) is 20.9 Å². The van der Waals surface area contributed by atoms with E-state index >= 15 is 0 Å². The van der Waals surface area contributed by atoms with Crippen LogP contribution < -0.4 is 20.9 Å². The number of alkyl halides is 9. The standard InChI is InChI=1S/C21H12F10N2O2/c22-14-7-11(34-15-5-9(32)1-3-12(15)19(23,24)25)8-17(18(14)21(29,30)31)35-16-6-10(33)2-4-13(16)20(26,27)28/h1-8H,32-33H2. The average molecular weight is 514 g/mol. The molecule has 4 N–H and O–H groups in total. The van der Waals surface area contributed by atoms with Gasteiger partial charge < -0.3 is 20.9 Å². The fourth-order valence-electron chi connectivity index (χ4n) is 2.93. The second-order valence-corrected chi connectivity index (χ2v) is 6.99. The minimum Gasteiger partial charge on any atom is -0.456 e. The van der Waals surface area contributed by atoms with E-state index < -0.39 is 64.0 Å². The van der Waals surface area contributed by atoms with Crippen LogP contribution in [-0.4, -0.2) is 0 Å². The van der Waals surface area contributed by atoms with E-state index in [1.165, 1.54) is 0 Å². The van der Waals surface area contributed by atoms with Crippen molar-refractivity contribution in [2.24, 2.45) is 0 Å². The van der Waals surface area contributed by atoms with Crippen LogP contribution >= 0.6 is 0 Å². The van der Waals surface area contributed by atoms with Gasteiger partial charge in [0.05, 0.1) is 11.1 Å². The van der Waals surface area contributed by atoms with Crippen LogP contribution in [0.25, 0.3) is 0 Å². The maximum absolute atomic E-state index is 14.5. The molecule has 0 radical (unpaired) electrons. The number of nitrogens with two attached hydrogens (primary N) is 2. The molecule has 0 aliphatic rings. The molecule has 0 spiro atoms. The van der Waals surface area contributed by atoms with Gasteiger partial charge in [-0.2, -0.15) is 39.5 Å². The first-order valence-corrected chi connectivity index (χ1v) is 9.16. The van der Waals surface area contributed by atoms with Crippen molar-refractivity contribution in [2.45, 2.75) is 18.5 Å². The minimum absolute atomic E-state index is 0.100. The van der Waals surface area contributed by atoms with Crippen LogP contribution in [0, 0.1) is 5.82 Å². The highest BCUT2D eigenvalue weighted by atomic mass is 19.4. The largest absolute Gasteiger partial charge is 0.456 e. The fraction of sp³-hybridized carbons (Fsp3) is 0.143. The lowest BCUT2D eigenvalue weighted by molar-refractivity contribution is -0.141. The van der Waals surface area contributed by atoms with Crippen molar-refractivity contribution in [2.75, 3.05) is 11.5 Å². The Bertz CT molecular complexity index is 1250. The van der Waals surface area contributed by atoms with Crippen LogP contribution in [0.5, 0.6) is 23.0 Å². The van der Waals surface area contributed by atoms with Gasteiger partial charge in [-0.1, -0.05) is 0 Å². The Balaban J connectivity index is 2.17.